The SMILES string of the molecule is CC(C=CC(Cc1ccc(S(=O)(=O)O)cc1)C(=O)O)c1ccccc1. The number of hydrogen-bond acceptors (Lipinski definition) is 3. The molecule has 0 aliphatic carbocycles. The predicted octanol–water partition coefficient (Wildman–Crippen LogP) is 3.54. The van der Waals surface area contributed by atoms with Crippen molar-refractivity contribution in [2.45, 2.75) is 24.2 Å². The van der Waals surface area contributed by atoms with Crippen LogP contribution in [0.25, 0.3) is 0 Å². The molecular formula is C19H20O5S. The summed E-state index contributed by atoms with van der Waals surface area (Å²) >= 11 is 0. The Morgan fingerprint density at radius 1 is 1.04 bits per heavy atom. The molecule has 5 nitrogen and oxygen atoms in total. The van der Waals surface area contributed by atoms with Crippen molar-refractivity contribution < 1.29 is 22.9 Å². The Morgan fingerprint density at radius 2 is 1.64 bits per heavy atom. The van der Waals surface area contributed by atoms with Crippen LogP contribution >= 0.6 is 0 Å². The zero-order valence-electron chi connectivity index (χ0n) is 13.7. The number of benzene rings is 2. The zero-order chi connectivity index (χ0) is 18.4. The summed E-state index contributed by atoms with van der Waals surface area (Å²) < 4.78 is 31.0. The summed E-state index contributed by atoms with van der Waals surface area (Å²) in [5.74, 6) is -1.58. The number of carboxylic acids is 1. The van der Waals surface area contributed by atoms with E-state index >= 15 is 0 Å². The first-order valence-corrected chi connectivity index (χ1v) is 9.24. The number of rotatable bonds is 7. The number of carbonyl (C=O) groups is 1. The Balaban J connectivity index is 2.11. The third kappa shape index (κ3) is 5.55. The minimum absolute atomic E-state index is 0.0879. The van der Waals surface area contributed by atoms with Gasteiger partial charge in [-0.15, -0.1) is 0 Å². The van der Waals surface area contributed by atoms with Gasteiger partial charge in [0.1, 0.15) is 0 Å². The molecule has 0 fully saturated rings. The molecule has 0 saturated carbocycles. The average Bonchev–Trinajstić information content (AvgIpc) is 2.58. The molecule has 2 unspecified atom stereocenters. The van der Waals surface area contributed by atoms with Crippen molar-refractivity contribution >= 4 is 16.1 Å². The van der Waals surface area contributed by atoms with E-state index in [4.69, 9.17) is 4.55 Å². The Bertz CT molecular complexity index is 839. The lowest BCUT2D eigenvalue weighted by molar-refractivity contribution is -0.140. The highest BCUT2D eigenvalue weighted by Crippen LogP contribution is 2.19. The molecule has 25 heavy (non-hydrogen) atoms. The van der Waals surface area contributed by atoms with Crippen LogP contribution in [-0.2, 0) is 21.3 Å². The predicted molar refractivity (Wildman–Crippen MR) is 95.1 cm³/mol. The van der Waals surface area contributed by atoms with E-state index in [-0.39, 0.29) is 17.2 Å². The molecule has 6 heteroatoms. The van der Waals surface area contributed by atoms with Crippen LogP contribution in [0.1, 0.15) is 24.0 Å². The van der Waals surface area contributed by atoms with Crippen LogP contribution in [0.2, 0.25) is 0 Å². The second kappa shape index (κ2) is 8.09. The van der Waals surface area contributed by atoms with Crippen molar-refractivity contribution in [2.24, 2.45) is 5.92 Å². The van der Waals surface area contributed by atoms with E-state index in [1.165, 1.54) is 24.3 Å². The quantitative estimate of drug-likeness (QED) is 0.582. The highest BCUT2D eigenvalue weighted by molar-refractivity contribution is 7.85. The largest absolute Gasteiger partial charge is 0.481 e. The first-order chi connectivity index (χ1) is 11.8. The third-order valence-corrected chi connectivity index (χ3v) is 4.82. The lowest BCUT2D eigenvalue weighted by Crippen LogP contribution is -2.14. The van der Waals surface area contributed by atoms with Gasteiger partial charge in [0.25, 0.3) is 10.1 Å². The summed E-state index contributed by atoms with van der Waals surface area (Å²) in [6, 6.07) is 15.3. The molecule has 0 amide bonds. The van der Waals surface area contributed by atoms with Gasteiger partial charge < -0.3 is 5.11 Å². The maximum Gasteiger partial charge on any atom is 0.310 e. The highest BCUT2D eigenvalue weighted by atomic mass is 32.2. The summed E-state index contributed by atoms with van der Waals surface area (Å²) in [7, 11) is -4.25. The second-order valence-electron chi connectivity index (χ2n) is 5.85. The standard InChI is InChI=1S/C19H20O5S/c1-14(16-5-3-2-4-6-16)7-10-17(19(20)21)13-15-8-11-18(12-9-15)25(22,23)24/h2-12,14,17H,13H2,1H3,(H,20,21)(H,22,23,24). The molecule has 2 rings (SSSR count). The van der Waals surface area contributed by atoms with Crippen LogP contribution in [0.5, 0.6) is 0 Å². The maximum atomic E-state index is 11.5. The molecule has 0 bridgehead atoms. The molecule has 0 spiro atoms. The Kier molecular flexibility index (Phi) is 6.12. The van der Waals surface area contributed by atoms with E-state index in [0.29, 0.717) is 5.56 Å². The number of hydrogen-bond donors (Lipinski definition) is 2. The van der Waals surface area contributed by atoms with Gasteiger partial charge in [-0.2, -0.15) is 8.42 Å². The molecule has 0 aliphatic rings. The fourth-order valence-corrected chi connectivity index (χ4v) is 2.94. The van der Waals surface area contributed by atoms with Crippen molar-refractivity contribution in [2.75, 3.05) is 0 Å². The first-order valence-electron chi connectivity index (χ1n) is 7.80. The maximum absolute atomic E-state index is 11.5. The van der Waals surface area contributed by atoms with E-state index < -0.39 is 22.0 Å². The summed E-state index contributed by atoms with van der Waals surface area (Å²) in [6.07, 6.45) is 3.76. The Morgan fingerprint density at radius 3 is 2.16 bits per heavy atom. The minimum Gasteiger partial charge on any atom is -0.481 e. The molecule has 2 N–H and O–H groups in total. The number of allylic oxidation sites excluding steroid dienone is 1. The molecule has 132 valence electrons. The minimum atomic E-state index is -4.25. The van der Waals surface area contributed by atoms with Gasteiger partial charge in [-0.05, 0) is 35.6 Å². The van der Waals surface area contributed by atoms with E-state index in [1.54, 1.807) is 6.08 Å². The molecule has 0 radical (unpaired) electrons. The molecule has 0 aromatic heterocycles. The van der Waals surface area contributed by atoms with Crippen LogP contribution in [-0.4, -0.2) is 24.0 Å². The van der Waals surface area contributed by atoms with Crippen molar-refractivity contribution in [1.29, 1.82) is 0 Å². The smallest absolute Gasteiger partial charge is 0.310 e. The van der Waals surface area contributed by atoms with Crippen molar-refractivity contribution in [3.63, 3.8) is 0 Å². The Hall–Kier alpha value is -2.44. The van der Waals surface area contributed by atoms with Crippen LogP contribution in [0.4, 0.5) is 0 Å². The molecule has 0 heterocycles. The molecule has 2 aromatic carbocycles. The summed E-state index contributed by atoms with van der Waals surface area (Å²) in [5.41, 5.74) is 1.78. The fraction of sp³-hybridized carbons (Fsp3) is 0.211. The van der Waals surface area contributed by atoms with E-state index in [2.05, 4.69) is 0 Å². The van der Waals surface area contributed by atoms with E-state index in [9.17, 15) is 18.3 Å². The van der Waals surface area contributed by atoms with Gasteiger partial charge in [0.2, 0.25) is 0 Å². The summed E-state index contributed by atoms with van der Waals surface area (Å²) in [5, 5.41) is 9.41. The van der Waals surface area contributed by atoms with Gasteiger partial charge in [-0.25, -0.2) is 0 Å². The summed E-state index contributed by atoms with van der Waals surface area (Å²) in [4.78, 5) is 11.3. The third-order valence-electron chi connectivity index (χ3n) is 3.95. The van der Waals surface area contributed by atoms with Crippen LogP contribution in [0.3, 0.4) is 0 Å². The van der Waals surface area contributed by atoms with Gasteiger partial charge in [0.05, 0.1) is 10.8 Å². The average molecular weight is 360 g/mol. The second-order valence-corrected chi connectivity index (χ2v) is 7.27. The molecule has 2 aromatic rings. The molecule has 2 atom stereocenters. The monoisotopic (exact) mass is 360 g/mol. The fourth-order valence-electron chi connectivity index (χ4n) is 2.46. The van der Waals surface area contributed by atoms with Crippen LogP contribution in [0.15, 0.2) is 71.6 Å². The number of carboxylic acid groups (broad SMARTS) is 1. The van der Waals surface area contributed by atoms with E-state index in [1.807, 2.05) is 43.3 Å². The van der Waals surface area contributed by atoms with Crippen LogP contribution < -0.4 is 0 Å². The lowest BCUT2D eigenvalue weighted by atomic mass is 9.95. The summed E-state index contributed by atoms with van der Waals surface area (Å²) in [6.45, 7) is 1.99. The van der Waals surface area contributed by atoms with E-state index in [0.717, 1.165) is 5.56 Å². The van der Waals surface area contributed by atoms with Gasteiger partial charge in [-0.1, -0.05) is 61.5 Å². The van der Waals surface area contributed by atoms with Gasteiger partial charge >= 0.3 is 5.97 Å². The first kappa shape index (κ1) is 18.9. The normalized spacial score (nSPS) is 14.3. The Labute approximate surface area is 147 Å². The molecular weight excluding hydrogens is 340 g/mol. The topological polar surface area (TPSA) is 91.7 Å². The molecule has 0 saturated heterocycles. The van der Waals surface area contributed by atoms with Gasteiger partial charge in [0.15, 0.2) is 0 Å². The lowest BCUT2D eigenvalue weighted by Gasteiger charge is -2.11. The van der Waals surface area contributed by atoms with Gasteiger partial charge in [0, 0.05) is 0 Å². The zero-order valence-corrected chi connectivity index (χ0v) is 14.6. The van der Waals surface area contributed by atoms with Crippen molar-refractivity contribution in [3.8, 4) is 0 Å². The highest BCUT2D eigenvalue weighted by Gasteiger charge is 2.16. The van der Waals surface area contributed by atoms with Crippen molar-refractivity contribution in [3.05, 3.63) is 77.9 Å². The van der Waals surface area contributed by atoms with Crippen molar-refractivity contribution in [1.82, 2.24) is 0 Å². The molecule has 0 aliphatic heterocycles. The van der Waals surface area contributed by atoms with Gasteiger partial charge in [-0.3, -0.25) is 9.35 Å². The van der Waals surface area contributed by atoms with Crippen LogP contribution in [0, 0.1) is 5.92 Å². The number of aliphatic carboxylic acids is 1.